The number of aromatic nitrogens is 2. The Morgan fingerprint density at radius 1 is 1.00 bits per heavy atom. The molecule has 0 saturated heterocycles. The standard InChI is InChI=1S/C26H21Cl2FN4O4S/c1-2-38(35,36)19-9-7-17(8-10-19)30-25(34)31-18-13-20(27)22(21(28)14-18)26(11-12-26)24-32-23(37-33-24)15-3-5-16(29)6-4-15/h3-10,13-14H,2,11-12H2,1H3,(H2,30,31,34). The molecule has 5 rings (SSSR count). The maximum absolute atomic E-state index is 13.3. The zero-order valence-corrected chi connectivity index (χ0v) is 22.3. The second-order valence-corrected chi connectivity index (χ2v) is 11.9. The summed E-state index contributed by atoms with van der Waals surface area (Å²) >= 11 is 13.3. The smallest absolute Gasteiger partial charge is 0.323 e. The fourth-order valence-corrected chi connectivity index (χ4v) is 5.88. The lowest BCUT2D eigenvalue weighted by Gasteiger charge is -2.17. The van der Waals surface area contributed by atoms with E-state index in [2.05, 4.69) is 20.8 Å². The first kappa shape index (κ1) is 26.1. The molecule has 1 fully saturated rings. The molecule has 0 atom stereocenters. The molecule has 8 nitrogen and oxygen atoms in total. The molecule has 0 radical (unpaired) electrons. The van der Waals surface area contributed by atoms with Gasteiger partial charge in [0.05, 0.1) is 16.1 Å². The Balaban J connectivity index is 1.32. The summed E-state index contributed by atoms with van der Waals surface area (Å²) in [5.41, 5.74) is 1.37. The summed E-state index contributed by atoms with van der Waals surface area (Å²) in [5.74, 6) is 0.302. The first-order valence-corrected chi connectivity index (χ1v) is 14.0. The highest BCUT2D eigenvalue weighted by molar-refractivity contribution is 7.91. The first-order chi connectivity index (χ1) is 18.1. The molecule has 0 unspecified atom stereocenters. The molecular formula is C26H21Cl2FN4O4S. The van der Waals surface area contributed by atoms with Gasteiger partial charge in [-0.05, 0) is 73.5 Å². The molecule has 1 heterocycles. The van der Waals surface area contributed by atoms with Crippen LogP contribution in [-0.2, 0) is 15.3 Å². The monoisotopic (exact) mass is 574 g/mol. The molecule has 1 aromatic heterocycles. The third-order valence-corrected chi connectivity index (χ3v) is 8.67. The average molecular weight is 575 g/mol. The number of hydrogen-bond acceptors (Lipinski definition) is 6. The Morgan fingerprint density at radius 2 is 1.61 bits per heavy atom. The Hall–Kier alpha value is -3.47. The van der Waals surface area contributed by atoms with Crippen molar-refractivity contribution in [3.8, 4) is 11.5 Å². The number of sulfone groups is 1. The number of rotatable bonds is 7. The van der Waals surface area contributed by atoms with Gasteiger partial charge < -0.3 is 15.2 Å². The van der Waals surface area contributed by atoms with Gasteiger partial charge in [-0.2, -0.15) is 4.98 Å². The predicted molar refractivity (Wildman–Crippen MR) is 143 cm³/mol. The normalized spacial score (nSPS) is 14.2. The molecule has 0 bridgehead atoms. The van der Waals surface area contributed by atoms with E-state index in [0.29, 0.717) is 51.2 Å². The van der Waals surface area contributed by atoms with Gasteiger partial charge in [-0.25, -0.2) is 17.6 Å². The molecular weight excluding hydrogens is 554 g/mol. The van der Waals surface area contributed by atoms with E-state index in [9.17, 15) is 17.6 Å². The highest BCUT2D eigenvalue weighted by Gasteiger charge is 2.52. The number of halogens is 3. The fourth-order valence-electron chi connectivity index (χ4n) is 4.15. The van der Waals surface area contributed by atoms with Crippen molar-refractivity contribution >= 4 is 50.4 Å². The van der Waals surface area contributed by atoms with Gasteiger partial charge in [-0.1, -0.05) is 35.3 Å². The Morgan fingerprint density at radius 3 is 2.18 bits per heavy atom. The van der Waals surface area contributed by atoms with Crippen LogP contribution in [0, 0.1) is 5.82 Å². The van der Waals surface area contributed by atoms with Crippen molar-refractivity contribution in [1.29, 1.82) is 0 Å². The van der Waals surface area contributed by atoms with Crippen LogP contribution in [0.15, 0.2) is 70.1 Å². The van der Waals surface area contributed by atoms with Gasteiger partial charge in [-0.3, -0.25) is 0 Å². The van der Waals surface area contributed by atoms with Gasteiger partial charge >= 0.3 is 6.03 Å². The van der Waals surface area contributed by atoms with Crippen molar-refractivity contribution in [2.45, 2.75) is 30.1 Å². The number of hydrogen-bond donors (Lipinski definition) is 2. The summed E-state index contributed by atoms with van der Waals surface area (Å²) in [6, 6.07) is 14.2. The Bertz CT molecular complexity index is 1600. The Kier molecular flexibility index (Phi) is 6.89. The van der Waals surface area contributed by atoms with Crippen LogP contribution in [0.3, 0.4) is 0 Å². The molecule has 0 aliphatic heterocycles. The number of amides is 2. The predicted octanol–water partition coefficient (Wildman–Crippen LogP) is 6.70. The number of urea groups is 1. The van der Waals surface area contributed by atoms with Gasteiger partial charge in [-0.15, -0.1) is 0 Å². The molecule has 2 N–H and O–H groups in total. The lowest BCUT2D eigenvalue weighted by atomic mass is 9.94. The number of nitrogens with one attached hydrogen (secondary N) is 2. The lowest BCUT2D eigenvalue weighted by molar-refractivity contribution is 0.262. The second kappa shape index (κ2) is 10.0. The van der Waals surface area contributed by atoms with E-state index in [-0.39, 0.29) is 22.4 Å². The highest BCUT2D eigenvalue weighted by Crippen LogP contribution is 2.57. The summed E-state index contributed by atoms with van der Waals surface area (Å²) in [7, 11) is -3.33. The fraction of sp³-hybridized carbons (Fsp3) is 0.192. The molecule has 2 amide bonds. The molecule has 1 saturated carbocycles. The van der Waals surface area contributed by atoms with E-state index in [0.717, 1.165) is 0 Å². The summed E-state index contributed by atoms with van der Waals surface area (Å²) in [4.78, 5) is 17.2. The minimum absolute atomic E-state index is 0.0127. The summed E-state index contributed by atoms with van der Waals surface area (Å²) in [6.45, 7) is 1.56. The zero-order chi connectivity index (χ0) is 27.1. The Labute approximate surface area is 228 Å². The van der Waals surface area contributed by atoms with E-state index in [4.69, 9.17) is 27.7 Å². The van der Waals surface area contributed by atoms with Gasteiger partial charge in [0.25, 0.3) is 5.89 Å². The van der Waals surface area contributed by atoms with Crippen molar-refractivity contribution in [3.05, 3.63) is 87.9 Å². The number of nitrogens with zero attached hydrogens (tertiary/aromatic N) is 2. The van der Waals surface area contributed by atoms with Crippen molar-refractivity contribution in [2.75, 3.05) is 16.4 Å². The maximum atomic E-state index is 13.3. The number of benzene rings is 3. The van der Waals surface area contributed by atoms with E-state index < -0.39 is 21.3 Å². The van der Waals surface area contributed by atoms with E-state index >= 15 is 0 Å². The van der Waals surface area contributed by atoms with Crippen molar-refractivity contribution in [2.24, 2.45) is 0 Å². The second-order valence-electron chi connectivity index (χ2n) is 8.83. The summed E-state index contributed by atoms with van der Waals surface area (Å²) in [5, 5.41) is 10.1. The van der Waals surface area contributed by atoms with Gasteiger partial charge in [0.15, 0.2) is 15.7 Å². The van der Waals surface area contributed by atoms with Crippen LogP contribution in [0.4, 0.5) is 20.6 Å². The number of anilines is 2. The third kappa shape index (κ3) is 5.11. The largest absolute Gasteiger partial charge is 0.334 e. The SMILES string of the molecule is CCS(=O)(=O)c1ccc(NC(=O)Nc2cc(Cl)c(C3(c4noc(-c5ccc(F)cc5)n4)CC3)c(Cl)c2)cc1. The van der Waals surface area contributed by atoms with E-state index in [1.807, 2.05) is 0 Å². The number of carbonyl (C=O) groups is 1. The zero-order valence-electron chi connectivity index (χ0n) is 20.0. The van der Waals surface area contributed by atoms with Gasteiger partial charge in [0.2, 0.25) is 0 Å². The molecule has 196 valence electrons. The summed E-state index contributed by atoms with van der Waals surface area (Å²) in [6.07, 6.45) is 1.40. The molecule has 1 aliphatic carbocycles. The minimum atomic E-state index is -3.33. The topological polar surface area (TPSA) is 114 Å². The minimum Gasteiger partial charge on any atom is -0.334 e. The van der Waals surface area contributed by atoms with Crippen LogP contribution in [-0.4, -0.2) is 30.3 Å². The first-order valence-electron chi connectivity index (χ1n) is 11.6. The molecule has 12 heteroatoms. The van der Waals surface area contributed by atoms with Gasteiger partial charge in [0.1, 0.15) is 5.82 Å². The van der Waals surface area contributed by atoms with Crippen molar-refractivity contribution in [3.63, 3.8) is 0 Å². The van der Waals surface area contributed by atoms with Crippen molar-refractivity contribution < 1.29 is 22.1 Å². The molecule has 4 aromatic rings. The number of carbonyl (C=O) groups excluding carboxylic acids is 1. The van der Waals surface area contributed by atoms with Gasteiger partial charge in [0, 0.05) is 32.5 Å². The van der Waals surface area contributed by atoms with Crippen LogP contribution < -0.4 is 10.6 Å². The molecule has 38 heavy (non-hydrogen) atoms. The van der Waals surface area contributed by atoms with E-state index in [1.165, 1.54) is 36.4 Å². The van der Waals surface area contributed by atoms with E-state index in [1.54, 1.807) is 31.2 Å². The molecule has 1 aliphatic rings. The maximum Gasteiger partial charge on any atom is 0.323 e. The lowest BCUT2D eigenvalue weighted by Crippen LogP contribution is -2.20. The molecule has 0 spiro atoms. The van der Waals surface area contributed by atoms with Crippen LogP contribution in [0.25, 0.3) is 11.5 Å². The highest BCUT2D eigenvalue weighted by atomic mass is 35.5. The van der Waals surface area contributed by atoms with Crippen LogP contribution in [0.5, 0.6) is 0 Å². The quantitative estimate of drug-likeness (QED) is 0.254. The van der Waals surface area contributed by atoms with Crippen LogP contribution >= 0.6 is 23.2 Å². The van der Waals surface area contributed by atoms with Crippen LogP contribution in [0.2, 0.25) is 10.0 Å². The van der Waals surface area contributed by atoms with Crippen molar-refractivity contribution in [1.82, 2.24) is 10.1 Å². The summed E-state index contributed by atoms with van der Waals surface area (Å²) < 4.78 is 42.6. The average Bonchev–Trinajstić information content (AvgIpc) is 3.51. The van der Waals surface area contributed by atoms with Crippen LogP contribution in [0.1, 0.15) is 31.2 Å². The molecule has 3 aromatic carbocycles. The third-order valence-electron chi connectivity index (χ3n) is 6.33.